The van der Waals surface area contributed by atoms with Crippen molar-refractivity contribution >= 4 is 44.4 Å². The molecule has 96 valence electrons. The van der Waals surface area contributed by atoms with E-state index in [1.54, 1.807) is 18.3 Å². The van der Waals surface area contributed by atoms with E-state index in [9.17, 15) is 9.59 Å². The minimum atomic E-state index is -1.17. The van der Waals surface area contributed by atoms with Gasteiger partial charge in [0, 0.05) is 28.2 Å². The molecule has 2 N–H and O–H groups in total. The van der Waals surface area contributed by atoms with Crippen molar-refractivity contribution < 1.29 is 14.7 Å². The lowest BCUT2D eigenvalue weighted by Crippen LogP contribution is -2.09. The fourth-order valence-electron chi connectivity index (χ4n) is 1.57. The summed E-state index contributed by atoms with van der Waals surface area (Å²) in [5.74, 6) is -1.69. The Balaban J connectivity index is 2.35. The number of nitrogens with one attached hydrogen (secondary N) is 1. The van der Waals surface area contributed by atoms with E-state index in [0.29, 0.717) is 11.2 Å². The summed E-state index contributed by atoms with van der Waals surface area (Å²) in [6, 6.07) is 7.26. The number of nitrogens with zero attached hydrogens (tertiary/aromatic N) is 1. The Morgan fingerprint density at radius 1 is 1.32 bits per heavy atom. The van der Waals surface area contributed by atoms with E-state index in [1.807, 2.05) is 12.1 Å². The number of halogens is 1. The number of carbonyl (C=O) groups excluding carboxylic acids is 1. The van der Waals surface area contributed by atoms with Crippen LogP contribution in [-0.4, -0.2) is 22.0 Å². The molecule has 0 aliphatic carbocycles. The molecule has 1 aromatic heterocycles. The molecule has 2 aromatic rings. The summed E-state index contributed by atoms with van der Waals surface area (Å²) in [6.07, 6.45) is 3.36. The minimum Gasteiger partial charge on any atom is -0.478 e. The molecule has 0 aliphatic rings. The zero-order valence-electron chi connectivity index (χ0n) is 9.63. The van der Waals surface area contributed by atoms with E-state index in [4.69, 9.17) is 5.11 Å². The average Bonchev–Trinajstić information content (AvgIpc) is 2.36. The lowest BCUT2D eigenvalue weighted by molar-refractivity contribution is -0.131. The zero-order valence-corrected chi connectivity index (χ0v) is 11.2. The Morgan fingerprint density at radius 3 is 2.84 bits per heavy atom. The molecule has 0 bridgehead atoms. The highest BCUT2D eigenvalue weighted by molar-refractivity contribution is 9.10. The predicted octanol–water partition coefficient (Wildman–Crippen LogP) is 2.58. The lowest BCUT2D eigenvalue weighted by atomic mass is 10.2. The topological polar surface area (TPSA) is 79.3 Å². The number of anilines is 1. The van der Waals surface area contributed by atoms with Crippen LogP contribution < -0.4 is 5.32 Å². The van der Waals surface area contributed by atoms with Crippen molar-refractivity contribution in [3.05, 3.63) is 47.1 Å². The number of rotatable bonds is 3. The third kappa shape index (κ3) is 3.38. The zero-order chi connectivity index (χ0) is 13.8. The third-order valence-electron chi connectivity index (χ3n) is 2.30. The molecule has 2 rings (SSSR count). The highest BCUT2D eigenvalue weighted by Crippen LogP contribution is 2.26. The van der Waals surface area contributed by atoms with E-state index in [0.717, 1.165) is 22.0 Å². The van der Waals surface area contributed by atoms with E-state index in [-0.39, 0.29) is 0 Å². The summed E-state index contributed by atoms with van der Waals surface area (Å²) in [5, 5.41) is 11.9. The number of carboxylic acid groups (broad SMARTS) is 1. The first-order chi connectivity index (χ1) is 9.06. The number of hydrogen-bond acceptors (Lipinski definition) is 3. The Morgan fingerprint density at radius 2 is 2.11 bits per heavy atom. The summed E-state index contributed by atoms with van der Waals surface area (Å²) in [4.78, 5) is 26.1. The molecule has 1 amide bonds. The molecule has 0 unspecified atom stereocenters. The molecular weight excluding hydrogens is 312 g/mol. The van der Waals surface area contributed by atoms with Crippen molar-refractivity contribution in [1.29, 1.82) is 0 Å². The number of amides is 1. The SMILES string of the molecule is O=C(O)C=CC(=O)Nc1cc(Br)cc2cccnc12. The fourth-order valence-corrected chi connectivity index (χ4v) is 2.05. The number of carboxylic acids is 1. The second-order valence-electron chi connectivity index (χ2n) is 3.69. The van der Waals surface area contributed by atoms with Crippen molar-refractivity contribution in [2.75, 3.05) is 5.32 Å². The van der Waals surface area contributed by atoms with Gasteiger partial charge in [0.1, 0.15) is 0 Å². The fraction of sp³-hybridized carbons (Fsp3) is 0. The van der Waals surface area contributed by atoms with Gasteiger partial charge >= 0.3 is 5.97 Å². The van der Waals surface area contributed by atoms with Gasteiger partial charge in [0.25, 0.3) is 0 Å². The van der Waals surface area contributed by atoms with Crippen molar-refractivity contribution in [1.82, 2.24) is 4.98 Å². The molecule has 0 fully saturated rings. The smallest absolute Gasteiger partial charge is 0.328 e. The molecule has 5 nitrogen and oxygen atoms in total. The molecule has 0 radical (unpaired) electrons. The number of benzene rings is 1. The van der Waals surface area contributed by atoms with Crippen molar-refractivity contribution in [2.45, 2.75) is 0 Å². The van der Waals surface area contributed by atoms with Gasteiger partial charge < -0.3 is 10.4 Å². The number of aliphatic carboxylic acids is 1. The van der Waals surface area contributed by atoms with Crippen LogP contribution in [-0.2, 0) is 9.59 Å². The first-order valence-electron chi connectivity index (χ1n) is 5.32. The van der Waals surface area contributed by atoms with Crippen LogP contribution in [0, 0.1) is 0 Å². The summed E-state index contributed by atoms with van der Waals surface area (Å²) >= 11 is 3.34. The van der Waals surface area contributed by atoms with Crippen LogP contribution in [0.2, 0.25) is 0 Å². The summed E-state index contributed by atoms with van der Waals surface area (Å²) in [7, 11) is 0. The van der Waals surface area contributed by atoms with Gasteiger partial charge in [-0.15, -0.1) is 0 Å². The summed E-state index contributed by atoms with van der Waals surface area (Å²) in [5.41, 5.74) is 1.16. The molecule has 1 aromatic carbocycles. The second kappa shape index (κ2) is 5.62. The van der Waals surface area contributed by atoms with Gasteiger partial charge in [-0.3, -0.25) is 9.78 Å². The van der Waals surface area contributed by atoms with Crippen LogP contribution in [0.1, 0.15) is 0 Å². The average molecular weight is 321 g/mol. The van der Waals surface area contributed by atoms with Crippen molar-refractivity contribution in [3.63, 3.8) is 0 Å². The molecule has 0 spiro atoms. The number of pyridine rings is 1. The molecule has 0 saturated heterocycles. The van der Waals surface area contributed by atoms with Crippen molar-refractivity contribution in [2.24, 2.45) is 0 Å². The number of fused-ring (bicyclic) bond motifs is 1. The number of hydrogen-bond donors (Lipinski definition) is 2. The van der Waals surface area contributed by atoms with Gasteiger partial charge in [0.05, 0.1) is 11.2 Å². The van der Waals surface area contributed by atoms with E-state index in [2.05, 4.69) is 26.2 Å². The van der Waals surface area contributed by atoms with Gasteiger partial charge in [-0.2, -0.15) is 0 Å². The normalized spacial score (nSPS) is 10.8. The maximum absolute atomic E-state index is 11.6. The third-order valence-corrected chi connectivity index (χ3v) is 2.76. The molecule has 19 heavy (non-hydrogen) atoms. The summed E-state index contributed by atoms with van der Waals surface area (Å²) in [6.45, 7) is 0. The van der Waals surface area contributed by atoms with Gasteiger partial charge in [0.2, 0.25) is 5.91 Å². The highest BCUT2D eigenvalue weighted by Gasteiger charge is 2.06. The van der Waals surface area contributed by atoms with Gasteiger partial charge in [-0.05, 0) is 18.2 Å². The first-order valence-corrected chi connectivity index (χ1v) is 6.12. The van der Waals surface area contributed by atoms with E-state index in [1.165, 1.54) is 0 Å². The van der Waals surface area contributed by atoms with Gasteiger partial charge in [0.15, 0.2) is 0 Å². The highest BCUT2D eigenvalue weighted by atomic mass is 79.9. The lowest BCUT2D eigenvalue weighted by Gasteiger charge is -2.07. The predicted molar refractivity (Wildman–Crippen MR) is 74.8 cm³/mol. The van der Waals surface area contributed by atoms with E-state index < -0.39 is 11.9 Å². The van der Waals surface area contributed by atoms with Crippen LogP contribution in [0.25, 0.3) is 10.9 Å². The van der Waals surface area contributed by atoms with Crippen LogP contribution in [0.4, 0.5) is 5.69 Å². The molecule has 0 atom stereocenters. The quantitative estimate of drug-likeness (QED) is 0.852. The Hall–Kier alpha value is -2.21. The van der Waals surface area contributed by atoms with Crippen LogP contribution >= 0.6 is 15.9 Å². The van der Waals surface area contributed by atoms with Crippen LogP contribution in [0.15, 0.2) is 47.1 Å². The largest absolute Gasteiger partial charge is 0.478 e. The monoisotopic (exact) mass is 320 g/mol. The number of aromatic nitrogens is 1. The Kier molecular flexibility index (Phi) is 3.91. The maximum Gasteiger partial charge on any atom is 0.328 e. The summed E-state index contributed by atoms with van der Waals surface area (Å²) < 4.78 is 0.797. The van der Waals surface area contributed by atoms with Crippen LogP contribution in [0.5, 0.6) is 0 Å². The minimum absolute atomic E-state index is 0.519. The first kappa shape index (κ1) is 13.2. The number of carbonyl (C=O) groups is 2. The second-order valence-corrected chi connectivity index (χ2v) is 4.60. The molecule has 1 heterocycles. The Labute approximate surface area is 117 Å². The van der Waals surface area contributed by atoms with E-state index >= 15 is 0 Å². The van der Waals surface area contributed by atoms with Gasteiger partial charge in [-0.25, -0.2) is 4.79 Å². The molecular formula is C13H9BrN2O3. The Bertz CT molecular complexity index is 683. The standard InChI is InChI=1S/C13H9BrN2O3/c14-9-6-8-2-1-5-15-13(8)10(7-9)16-11(17)3-4-12(18)19/h1-7H,(H,16,17)(H,18,19). The molecule has 0 aliphatic heterocycles. The maximum atomic E-state index is 11.6. The molecule has 6 heteroatoms. The van der Waals surface area contributed by atoms with Crippen molar-refractivity contribution in [3.8, 4) is 0 Å². The molecule has 0 saturated carbocycles. The van der Waals surface area contributed by atoms with Gasteiger partial charge in [-0.1, -0.05) is 22.0 Å². The van der Waals surface area contributed by atoms with Crippen LogP contribution in [0.3, 0.4) is 0 Å².